The summed E-state index contributed by atoms with van der Waals surface area (Å²) >= 11 is 4.88. The van der Waals surface area contributed by atoms with Crippen molar-refractivity contribution in [2.24, 2.45) is 0 Å². The quantitative estimate of drug-likeness (QED) is 0.563. The molecule has 0 saturated heterocycles. The second-order valence-electron chi connectivity index (χ2n) is 6.41. The summed E-state index contributed by atoms with van der Waals surface area (Å²) in [4.78, 5) is 18.1. The molecule has 3 aromatic rings. The molecule has 1 N–H and O–H groups in total. The van der Waals surface area contributed by atoms with E-state index in [9.17, 15) is 4.79 Å². The van der Waals surface area contributed by atoms with E-state index in [0.717, 1.165) is 21.5 Å². The van der Waals surface area contributed by atoms with Gasteiger partial charge < -0.3 is 14.8 Å². The minimum atomic E-state index is -0.191. The molecular weight excluding hydrogens is 440 g/mol. The summed E-state index contributed by atoms with van der Waals surface area (Å²) in [6, 6.07) is 11.9. The van der Waals surface area contributed by atoms with Gasteiger partial charge in [-0.3, -0.25) is 4.79 Å². The Balaban J connectivity index is 1.58. The number of halogens is 1. The third-order valence-corrected chi connectivity index (χ3v) is 6.35. The van der Waals surface area contributed by atoms with Gasteiger partial charge >= 0.3 is 0 Å². The lowest BCUT2D eigenvalue weighted by molar-refractivity contribution is 0.102. The summed E-state index contributed by atoms with van der Waals surface area (Å²) in [7, 11) is 0. The Hall–Kier alpha value is -2.38. The highest BCUT2D eigenvalue weighted by Crippen LogP contribution is 2.38. The van der Waals surface area contributed by atoms with E-state index < -0.39 is 0 Å². The first-order valence-electron chi connectivity index (χ1n) is 9.02. The van der Waals surface area contributed by atoms with Gasteiger partial charge in [0.15, 0.2) is 11.5 Å². The van der Waals surface area contributed by atoms with Crippen LogP contribution in [0.25, 0.3) is 10.6 Å². The molecule has 28 heavy (non-hydrogen) atoms. The molecule has 0 radical (unpaired) electrons. The van der Waals surface area contributed by atoms with Crippen LogP contribution in [0.4, 0.5) is 5.69 Å². The number of carbonyl (C=O) groups excluding carboxylic acids is 1. The van der Waals surface area contributed by atoms with Crippen LogP contribution in [0.1, 0.15) is 27.9 Å². The normalized spacial score (nSPS) is 12.7. The summed E-state index contributed by atoms with van der Waals surface area (Å²) in [5.41, 5.74) is 3.64. The van der Waals surface area contributed by atoms with E-state index in [1.807, 2.05) is 13.0 Å². The SMILES string of the molecule is CCc1ccc(-c2nc(C)c(C(=O)Nc3cc4c(cc3Br)OCCO4)s2)cc1. The molecule has 5 nitrogen and oxygen atoms in total. The van der Waals surface area contributed by atoms with Crippen LogP contribution in [0.15, 0.2) is 40.9 Å². The molecule has 144 valence electrons. The van der Waals surface area contributed by atoms with Crippen molar-refractivity contribution in [3.8, 4) is 22.1 Å². The number of hydrogen-bond donors (Lipinski definition) is 1. The van der Waals surface area contributed by atoms with E-state index in [4.69, 9.17) is 9.47 Å². The number of benzene rings is 2. The molecule has 0 saturated carbocycles. The van der Waals surface area contributed by atoms with Gasteiger partial charge in [0.1, 0.15) is 23.1 Å². The van der Waals surface area contributed by atoms with Gasteiger partial charge in [-0.2, -0.15) is 0 Å². The molecule has 0 bridgehead atoms. The van der Waals surface area contributed by atoms with Gasteiger partial charge in [-0.25, -0.2) is 4.98 Å². The molecule has 0 aliphatic carbocycles. The number of anilines is 1. The number of ether oxygens (including phenoxy) is 2. The van der Waals surface area contributed by atoms with Crippen molar-refractivity contribution >= 4 is 38.9 Å². The highest BCUT2D eigenvalue weighted by Gasteiger charge is 2.20. The van der Waals surface area contributed by atoms with Crippen molar-refractivity contribution in [2.75, 3.05) is 18.5 Å². The van der Waals surface area contributed by atoms with Gasteiger partial charge in [0.05, 0.1) is 11.4 Å². The molecule has 0 atom stereocenters. The predicted octanol–water partition coefficient (Wildman–Crippen LogP) is 5.47. The fourth-order valence-electron chi connectivity index (χ4n) is 2.95. The molecule has 1 aromatic heterocycles. The minimum absolute atomic E-state index is 0.191. The highest BCUT2D eigenvalue weighted by atomic mass is 79.9. The average molecular weight is 459 g/mol. The predicted molar refractivity (Wildman–Crippen MR) is 115 cm³/mol. The Kier molecular flexibility index (Phi) is 5.37. The van der Waals surface area contributed by atoms with Crippen LogP contribution in [0.5, 0.6) is 11.5 Å². The molecule has 4 rings (SSSR count). The van der Waals surface area contributed by atoms with Crippen LogP contribution in [-0.2, 0) is 6.42 Å². The summed E-state index contributed by atoms with van der Waals surface area (Å²) in [5.74, 6) is 1.11. The standard InChI is InChI=1S/C21H19BrN2O3S/c1-3-13-4-6-14(7-5-13)21-23-12(2)19(28-21)20(25)24-16-11-18-17(10-15(16)22)26-8-9-27-18/h4-7,10-11H,3,8-9H2,1-2H3,(H,24,25). The van der Waals surface area contributed by atoms with Crippen LogP contribution < -0.4 is 14.8 Å². The van der Waals surface area contributed by atoms with Gasteiger partial charge in [-0.1, -0.05) is 31.2 Å². The van der Waals surface area contributed by atoms with Crippen molar-refractivity contribution in [1.82, 2.24) is 4.98 Å². The molecule has 7 heteroatoms. The minimum Gasteiger partial charge on any atom is -0.486 e. The number of amides is 1. The average Bonchev–Trinajstić information content (AvgIpc) is 3.10. The molecule has 1 aliphatic heterocycles. The molecule has 1 amide bonds. The summed E-state index contributed by atoms with van der Waals surface area (Å²) in [5, 5.41) is 3.79. The number of rotatable bonds is 4. The van der Waals surface area contributed by atoms with E-state index in [0.29, 0.717) is 41.0 Å². The Labute approximate surface area is 175 Å². The molecule has 1 aliphatic rings. The van der Waals surface area contributed by atoms with Crippen LogP contribution in [0.2, 0.25) is 0 Å². The van der Waals surface area contributed by atoms with Crippen LogP contribution >= 0.6 is 27.3 Å². The number of thiazole rings is 1. The molecule has 0 fully saturated rings. The molecule has 2 heterocycles. The fraction of sp³-hybridized carbons (Fsp3) is 0.238. The van der Waals surface area contributed by atoms with Crippen molar-refractivity contribution in [3.63, 3.8) is 0 Å². The number of nitrogens with one attached hydrogen (secondary N) is 1. The third kappa shape index (κ3) is 3.77. The molecular formula is C21H19BrN2O3S. The lowest BCUT2D eigenvalue weighted by Gasteiger charge is -2.20. The highest BCUT2D eigenvalue weighted by molar-refractivity contribution is 9.10. The van der Waals surface area contributed by atoms with Crippen LogP contribution in [-0.4, -0.2) is 24.1 Å². The zero-order valence-corrected chi connectivity index (χ0v) is 17.9. The molecule has 2 aromatic carbocycles. The first-order valence-corrected chi connectivity index (χ1v) is 10.6. The molecule has 0 unspecified atom stereocenters. The summed E-state index contributed by atoms with van der Waals surface area (Å²) in [6.45, 7) is 5.00. The second kappa shape index (κ2) is 7.93. The van der Waals surface area contributed by atoms with E-state index in [1.165, 1.54) is 16.9 Å². The Bertz CT molecular complexity index is 1030. The number of nitrogens with zero attached hydrogens (tertiary/aromatic N) is 1. The van der Waals surface area contributed by atoms with Gasteiger partial charge in [-0.15, -0.1) is 11.3 Å². The van der Waals surface area contributed by atoms with E-state index in [-0.39, 0.29) is 5.91 Å². The van der Waals surface area contributed by atoms with Crippen molar-refractivity contribution in [2.45, 2.75) is 20.3 Å². The summed E-state index contributed by atoms with van der Waals surface area (Å²) in [6.07, 6.45) is 0.995. The van der Waals surface area contributed by atoms with Gasteiger partial charge in [0.25, 0.3) is 5.91 Å². The number of carbonyl (C=O) groups is 1. The van der Waals surface area contributed by atoms with Gasteiger partial charge in [0, 0.05) is 22.2 Å². The van der Waals surface area contributed by atoms with E-state index in [2.05, 4.69) is 57.4 Å². The third-order valence-electron chi connectivity index (χ3n) is 4.49. The maximum Gasteiger partial charge on any atom is 0.267 e. The first-order chi connectivity index (χ1) is 13.5. The van der Waals surface area contributed by atoms with Gasteiger partial charge in [-0.05, 0) is 34.8 Å². The zero-order chi connectivity index (χ0) is 19.7. The monoisotopic (exact) mass is 458 g/mol. The lowest BCUT2D eigenvalue weighted by Crippen LogP contribution is -2.17. The topological polar surface area (TPSA) is 60.5 Å². The summed E-state index contributed by atoms with van der Waals surface area (Å²) < 4.78 is 11.9. The molecule has 0 spiro atoms. The van der Waals surface area contributed by atoms with Gasteiger partial charge in [0.2, 0.25) is 0 Å². The van der Waals surface area contributed by atoms with Crippen LogP contribution in [0, 0.1) is 6.92 Å². The maximum atomic E-state index is 12.9. The number of aryl methyl sites for hydroxylation is 2. The lowest BCUT2D eigenvalue weighted by atomic mass is 10.1. The van der Waals surface area contributed by atoms with E-state index in [1.54, 1.807) is 6.07 Å². The zero-order valence-electron chi connectivity index (χ0n) is 15.5. The van der Waals surface area contributed by atoms with E-state index >= 15 is 0 Å². The number of hydrogen-bond acceptors (Lipinski definition) is 5. The number of fused-ring (bicyclic) bond motifs is 1. The Morgan fingerprint density at radius 1 is 1.18 bits per heavy atom. The largest absolute Gasteiger partial charge is 0.486 e. The van der Waals surface area contributed by atoms with Crippen molar-refractivity contribution < 1.29 is 14.3 Å². The maximum absolute atomic E-state index is 12.9. The van der Waals surface area contributed by atoms with Crippen molar-refractivity contribution in [1.29, 1.82) is 0 Å². The Morgan fingerprint density at radius 2 is 1.86 bits per heavy atom. The van der Waals surface area contributed by atoms with Crippen LogP contribution in [0.3, 0.4) is 0 Å². The fourth-order valence-corrected chi connectivity index (χ4v) is 4.34. The Morgan fingerprint density at radius 3 is 2.54 bits per heavy atom. The number of aromatic nitrogens is 1. The second-order valence-corrected chi connectivity index (χ2v) is 8.27. The smallest absolute Gasteiger partial charge is 0.267 e. The van der Waals surface area contributed by atoms with Crippen molar-refractivity contribution in [3.05, 3.63) is 57.0 Å². The first kappa shape index (κ1) is 19.0.